The average molecular weight is 479 g/mol. The van der Waals surface area contributed by atoms with Gasteiger partial charge >= 0.3 is 11.9 Å². The van der Waals surface area contributed by atoms with Gasteiger partial charge in [0.15, 0.2) is 6.04 Å². The fraction of sp³-hybridized carbons (Fsp3) is 0.737. The molecule has 0 aliphatic rings. The second-order valence-electron chi connectivity index (χ2n) is 7.48. The SMILES string of the molecule is CCC(C)C(N)C(=O)NC(CC(=O)O)C(=O)NC(CCSC)C(=O)NC(C(=O)O)C(C)O. The lowest BCUT2D eigenvalue weighted by Crippen LogP contribution is -2.59. The van der Waals surface area contributed by atoms with Crippen LogP contribution in [0, 0.1) is 5.92 Å². The van der Waals surface area contributed by atoms with Crippen LogP contribution in [0.25, 0.3) is 0 Å². The Morgan fingerprint density at radius 1 is 0.938 bits per heavy atom. The average Bonchev–Trinajstić information content (AvgIpc) is 2.71. The Morgan fingerprint density at radius 2 is 1.47 bits per heavy atom. The number of hydrogen-bond donors (Lipinski definition) is 7. The molecule has 0 aliphatic carbocycles. The lowest BCUT2D eigenvalue weighted by atomic mass is 9.99. The molecule has 0 aromatic heterocycles. The molecule has 13 heteroatoms. The molecule has 0 saturated heterocycles. The van der Waals surface area contributed by atoms with Crippen molar-refractivity contribution in [3.05, 3.63) is 0 Å². The molecule has 0 fully saturated rings. The number of thioether (sulfide) groups is 1. The van der Waals surface area contributed by atoms with Gasteiger partial charge in [-0.05, 0) is 31.3 Å². The summed E-state index contributed by atoms with van der Waals surface area (Å²) in [5.74, 6) is -5.10. The molecule has 3 amide bonds. The summed E-state index contributed by atoms with van der Waals surface area (Å²) in [7, 11) is 0. The van der Waals surface area contributed by atoms with Gasteiger partial charge in [0.2, 0.25) is 17.7 Å². The number of carboxylic acid groups (broad SMARTS) is 2. The molecule has 184 valence electrons. The van der Waals surface area contributed by atoms with Crippen molar-refractivity contribution in [1.29, 1.82) is 0 Å². The van der Waals surface area contributed by atoms with Crippen LogP contribution in [-0.2, 0) is 24.0 Å². The number of nitrogens with one attached hydrogen (secondary N) is 3. The molecule has 0 rings (SSSR count). The third kappa shape index (κ3) is 10.3. The minimum Gasteiger partial charge on any atom is -0.481 e. The Kier molecular flexibility index (Phi) is 13.5. The zero-order valence-corrected chi connectivity index (χ0v) is 19.5. The predicted molar refractivity (Wildman–Crippen MR) is 118 cm³/mol. The highest BCUT2D eigenvalue weighted by Gasteiger charge is 2.33. The Morgan fingerprint density at radius 3 is 1.91 bits per heavy atom. The number of carbonyl (C=O) groups excluding carboxylic acids is 3. The minimum absolute atomic E-state index is 0.102. The standard InChI is InChI=1S/C19H34N4O8S/c1-5-9(2)14(20)18(29)22-12(8-13(25)26)17(28)21-11(6-7-32-4)16(27)23-15(10(3)24)19(30)31/h9-12,14-15,24H,5-8,20H2,1-4H3,(H,21,28)(H,22,29)(H,23,27)(H,25,26)(H,30,31). The lowest BCUT2D eigenvalue weighted by molar-refractivity contribution is -0.145. The molecule has 0 heterocycles. The lowest BCUT2D eigenvalue weighted by Gasteiger charge is -2.26. The maximum absolute atomic E-state index is 12.7. The molecule has 0 aliphatic heterocycles. The summed E-state index contributed by atoms with van der Waals surface area (Å²) < 4.78 is 0. The molecule has 32 heavy (non-hydrogen) atoms. The second kappa shape index (κ2) is 14.6. The van der Waals surface area contributed by atoms with Crippen LogP contribution in [-0.4, -0.2) is 87.3 Å². The first-order valence-electron chi connectivity index (χ1n) is 10.1. The highest BCUT2D eigenvalue weighted by Crippen LogP contribution is 2.08. The predicted octanol–water partition coefficient (Wildman–Crippen LogP) is -1.49. The molecule has 6 atom stereocenters. The number of carbonyl (C=O) groups is 5. The second-order valence-corrected chi connectivity index (χ2v) is 8.46. The highest BCUT2D eigenvalue weighted by molar-refractivity contribution is 7.98. The first-order valence-corrected chi connectivity index (χ1v) is 11.5. The van der Waals surface area contributed by atoms with Crippen molar-refractivity contribution in [2.45, 2.75) is 70.3 Å². The van der Waals surface area contributed by atoms with E-state index in [2.05, 4.69) is 16.0 Å². The number of amides is 3. The molecular weight excluding hydrogens is 444 g/mol. The van der Waals surface area contributed by atoms with Gasteiger partial charge in [0.25, 0.3) is 0 Å². The van der Waals surface area contributed by atoms with E-state index in [1.165, 1.54) is 18.7 Å². The van der Waals surface area contributed by atoms with E-state index in [0.717, 1.165) is 0 Å². The van der Waals surface area contributed by atoms with E-state index in [-0.39, 0.29) is 12.3 Å². The quantitative estimate of drug-likeness (QED) is 0.145. The molecule has 8 N–H and O–H groups in total. The molecule has 12 nitrogen and oxygen atoms in total. The van der Waals surface area contributed by atoms with Crippen molar-refractivity contribution in [2.24, 2.45) is 11.7 Å². The topological polar surface area (TPSA) is 208 Å². The van der Waals surface area contributed by atoms with E-state index in [4.69, 9.17) is 15.9 Å². The maximum atomic E-state index is 12.7. The summed E-state index contributed by atoms with van der Waals surface area (Å²) in [6, 6.07) is -5.26. The summed E-state index contributed by atoms with van der Waals surface area (Å²) in [6.45, 7) is 4.75. The molecule has 6 unspecified atom stereocenters. The van der Waals surface area contributed by atoms with Crippen LogP contribution < -0.4 is 21.7 Å². The zero-order chi connectivity index (χ0) is 25.0. The molecule has 0 saturated carbocycles. The van der Waals surface area contributed by atoms with Crippen molar-refractivity contribution in [2.75, 3.05) is 12.0 Å². The van der Waals surface area contributed by atoms with Crippen LogP contribution in [0.4, 0.5) is 0 Å². The minimum atomic E-state index is -1.60. The molecule has 0 aromatic carbocycles. The number of nitrogens with two attached hydrogens (primary N) is 1. The monoisotopic (exact) mass is 478 g/mol. The van der Waals surface area contributed by atoms with Crippen molar-refractivity contribution in [3.8, 4) is 0 Å². The fourth-order valence-corrected chi connectivity index (χ4v) is 3.05. The van der Waals surface area contributed by atoms with E-state index in [9.17, 15) is 29.1 Å². The molecule has 0 radical (unpaired) electrons. The van der Waals surface area contributed by atoms with Crippen LogP contribution in [0.15, 0.2) is 0 Å². The number of carboxylic acids is 2. The van der Waals surface area contributed by atoms with E-state index >= 15 is 0 Å². The third-order valence-corrected chi connectivity index (χ3v) is 5.51. The Hall–Kier alpha value is -2.38. The fourth-order valence-electron chi connectivity index (χ4n) is 2.58. The Bertz CT molecular complexity index is 676. The molecular formula is C19H34N4O8S. The van der Waals surface area contributed by atoms with E-state index in [0.29, 0.717) is 12.2 Å². The summed E-state index contributed by atoms with van der Waals surface area (Å²) in [6.07, 6.45) is 0.318. The number of aliphatic hydroxyl groups is 1. The van der Waals surface area contributed by atoms with Gasteiger partial charge in [-0.15, -0.1) is 0 Å². The molecule has 0 aromatic rings. The summed E-state index contributed by atoms with van der Waals surface area (Å²) >= 11 is 1.37. The largest absolute Gasteiger partial charge is 0.481 e. The van der Waals surface area contributed by atoms with Gasteiger partial charge in [-0.2, -0.15) is 11.8 Å². The normalized spacial score (nSPS) is 16.6. The van der Waals surface area contributed by atoms with Crippen LogP contribution in [0.5, 0.6) is 0 Å². The van der Waals surface area contributed by atoms with Crippen molar-refractivity contribution in [1.82, 2.24) is 16.0 Å². The van der Waals surface area contributed by atoms with Crippen LogP contribution in [0.2, 0.25) is 0 Å². The van der Waals surface area contributed by atoms with Gasteiger partial charge in [-0.1, -0.05) is 20.3 Å². The number of aliphatic hydroxyl groups excluding tert-OH is 1. The first kappa shape index (κ1) is 29.6. The number of rotatable bonds is 15. The van der Waals surface area contributed by atoms with Gasteiger partial charge in [0, 0.05) is 0 Å². The summed E-state index contributed by atoms with van der Waals surface area (Å²) in [4.78, 5) is 60.1. The van der Waals surface area contributed by atoms with Gasteiger partial charge < -0.3 is 37.0 Å². The van der Waals surface area contributed by atoms with Crippen LogP contribution >= 0.6 is 11.8 Å². The van der Waals surface area contributed by atoms with Crippen molar-refractivity contribution < 1.29 is 39.3 Å². The van der Waals surface area contributed by atoms with E-state index in [1.54, 1.807) is 13.2 Å². The smallest absolute Gasteiger partial charge is 0.328 e. The molecule has 0 bridgehead atoms. The van der Waals surface area contributed by atoms with E-state index in [1.807, 2.05) is 6.92 Å². The molecule has 0 spiro atoms. The third-order valence-electron chi connectivity index (χ3n) is 4.86. The van der Waals surface area contributed by atoms with Crippen LogP contribution in [0.1, 0.15) is 40.0 Å². The van der Waals surface area contributed by atoms with Crippen molar-refractivity contribution in [3.63, 3.8) is 0 Å². The van der Waals surface area contributed by atoms with Gasteiger partial charge in [0.05, 0.1) is 18.6 Å². The van der Waals surface area contributed by atoms with Crippen molar-refractivity contribution >= 4 is 41.4 Å². The Labute approximate surface area is 191 Å². The van der Waals surface area contributed by atoms with Gasteiger partial charge in [-0.25, -0.2) is 4.79 Å². The highest BCUT2D eigenvalue weighted by atomic mass is 32.2. The maximum Gasteiger partial charge on any atom is 0.328 e. The zero-order valence-electron chi connectivity index (χ0n) is 18.7. The summed E-state index contributed by atoms with van der Waals surface area (Å²) in [5, 5.41) is 34.7. The van der Waals surface area contributed by atoms with Crippen LogP contribution in [0.3, 0.4) is 0 Å². The summed E-state index contributed by atoms with van der Waals surface area (Å²) in [5.41, 5.74) is 5.84. The van der Waals surface area contributed by atoms with Gasteiger partial charge in [0.1, 0.15) is 12.1 Å². The number of hydrogen-bond acceptors (Lipinski definition) is 8. The van der Waals surface area contributed by atoms with E-state index < -0.39 is 66.4 Å². The van der Waals surface area contributed by atoms with Gasteiger partial charge in [-0.3, -0.25) is 19.2 Å². The number of aliphatic carboxylic acids is 2. The first-order chi connectivity index (χ1) is 14.8. The Balaban J connectivity index is 5.51.